The number of carboxylic acids is 1. The molecule has 0 saturated carbocycles. The summed E-state index contributed by atoms with van der Waals surface area (Å²) in [5.74, 6) is -1.32. The van der Waals surface area contributed by atoms with Gasteiger partial charge in [0.05, 0.1) is 5.92 Å². The molecule has 1 aromatic heterocycles. The molecule has 0 radical (unpaired) electrons. The van der Waals surface area contributed by atoms with Crippen LogP contribution in [0.4, 0.5) is 0 Å². The number of rotatable bonds is 2. The van der Waals surface area contributed by atoms with Crippen molar-refractivity contribution < 1.29 is 19.1 Å². The average Bonchev–Trinajstić information content (AvgIpc) is 3.03. The highest BCUT2D eigenvalue weighted by molar-refractivity contribution is 9.10. The van der Waals surface area contributed by atoms with Crippen molar-refractivity contribution in [3.05, 3.63) is 34.5 Å². The molecule has 1 atom stereocenters. The number of likely N-dealkylation sites (tertiary alicyclic amines) is 1. The molecule has 1 aliphatic rings. The second-order valence-corrected chi connectivity index (χ2v) is 5.78. The predicted molar refractivity (Wildman–Crippen MR) is 75.6 cm³/mol. The number of amides is 1. The number of carbonyl (C=O) groups excluding carboxylic acids is 1. The fourth-order valence-electron chi connectivity index (χ4n) is 2.42. The van der Waals surface area contributed by atoms with E-state index < -0.39 is 11.9 Å². The standard InChI is InChI=1S/C14H12BrNO4/c15-10-1-2-11-9(5-10)6-12(20-11)13(17)16-4-3-8(7-16)14(18)19/h1-2,5-6,8H,3-4,7H2,(H,18,19)/t8-/m1/s1. The highest BCUT2D eigenvalue weighted by Crippen LogP contribution is 2.25. The number of fused-ring (bicyclic) bond motifs is 1. The molecule has 5 nitrogen and oxygen atoms in total. The van der Waals surface area contributed by atoms with Crippen LogP contribution in [0.3, 0.4) is 0 Å². The average molecular weight is 338 g/mol. The maximum Gasteiger partial charge on any atom is 0.308 e. The molecule has 1 saturated heterocycles. The molecule has 1 amide bonds. The number of aliphatic carboxylic acids is 1. The Morgan fingerprint density at radius 1 is 1.35 bits per heavy atom. The molecule has 0 bridgehead atoms. The van der Waals surface area contributed by atoms with E-state index >= 15 is 0 Å². The van der Waals surface area contributed by atoms with Crippen LogP contribution in [0.1, 0.15) is 17.0 Å². The lowest BCUT2D eigenvalue weighted by Gasteiger charge is -2.13. The fraction of sp³-hybridized carbons (Fsp3) is 0.286. The highest BCUT2D eigenvalue weighted by Gasteiger charge is 2.32. The number of hydrogen-bond donors (Lipinski definition) is 1. The van der Waals surface area contributed by atoms with Gasteiger partial charge in [-0.05, 0) is 30.7 Å². The van der Waals surface area contributed by atoms with E-state index in [0.29, 0.717) is 18.5 Å². The van der Waals surface area contributed by atoms with Crippen LogP contribution in [0, 0.1) is 5.92 Å². The normalized spacial score (nSPS) is 18.6. The van der Waals surface area contributed by atoms with Gasteiger partial charge in [0.2, 0.25) is 0 Å². The van der Waals surface area contributed by atoms with Crippen molar-refractivity contribution in [1.29, 1.82) is 0 Å². The first-order valence-corrected chi connectivity index (χ1v) is 7.05. The van der Waals surface area contributed by atoms with Gasteiger partial charge >= 0.3 is 5.97 Å². The Bertz CT molecular complexity index is 694. The number of halogens is 1. The molecule has 1 aromatic carbocycles. The zero-order valence-electron chi connectivity index (χ0n) is 10.5. The maximum absolute atomic E-state index is 12.3. The van der Waals surface area contributed by atoms with Crippen LogP contribution in [0.5, 0.6) is 0 Å². The zero-order chi connectivity index (χ0) is 14.3. The van der Waals surface area contributed by atoms with E-state index in [1.807, 2.05) is 12.1 Å². The van der Waals surface area contributed by atoms with Crippen LogP contribution in [-0.4, -0.2) is 35.0 Å². The number of nitrogens with zero attached hydrogens (tertiary/aromatic N) is 1. The van der Waals surface area contributed by atoms with Crippen molar-refractivity contribution in [1.82, 2.24) is 4.90 Å². The van der Waals surface area contributed by atoms with Crippen LogP contribution < -0.4 is 0 Å². The Hall–Kier alpha value is -1.82. The molecule has 1 fully saturated rings. The van der Waals surface area contributed by atoms with Gasteiger partial charge in [-0.3, -0.25) is 9.59 Å². The van der Waals surface area contributed by atoms with Gasteiger partial charge in [0.1, 0.15) is 5.58 Å². The number of benzene rings is 1. The van der Waals surface area contributed by atoms with Crippen LogP contribution in [0.2, 0.25) is 0 Å². The Morgan fingerprint density at radius 3 is 2.85 bits per heavy atom. The lowest BCUT2D eigenvalue weighted by molar-refractivity contribution is -0.141. The van der Waals surface area contributed by atoms with Crippen molar-refractivity contribution in [2.24, 2.45) is 5.92 Å². The Balaban J connectivity index is 1.84. The van der Waals surface area contributed by atoms with Gasteiger partial charge in [-0.15, -0.1) is 0 Å². The van der Waals surface area contributed by atoms with E-state index in [2.05, 4.69) is 15.9 Å². The van der Waals surface area contributed by atoms with Gasteiger partial charge in [0, 0.05) is 22.9 Å². The number of carboxylic acid groups (broad SMARTS) is 1. The third-order valence-corrected chi connectivity index (χ3v) is 4.01. The molecule has 2 heterocycles. The quantitative estimate of drug-likeness (QED) is 0.914. The number of carbonyl (C=O) groups is 2. The first-order chi connectivity index (χ1) is 9.54. The van der Waals surface area contributed by atoms with Gasteiger partial charge in [-0.1, -0.05) is 15.9 Å². The molecule has 1 N–H and O–H groups in total. The summed E-state index contributed by atoms with van der Waals surface area (Å²) < 4.78 is 6.45. The molecule has 1 aliphatic heterocycles. The first kappa shape index (κ1) is 13.2. The van der Waals surface area contributed by atoms with Crippen molar-refractivity contribution in [2.45, 2.75) is 6.42 Å². The molecule has 104 valence electrons. The zero-order valence-corrected chi connectivity index (χ0v) is 12.1. The summed E-state index contributed by atoms with van der Waals surface area (Å²) in [5.41, 5.74) is 0.644. The molecule has 2 aromatic rings. The topological polar surface area (TPSA) is 70.8 Å². The summed E-state index contributed by atoms with van der Waals surface area (Å²) in [4.78, 5) is 24.7. The smallest absolute Gasteiger partial charge is 0.308 e. The van der Waals surface area contributed by atoms with E-state index in [4.69, 9.17) is 9.52 Å². The van der Waals surface area contributed by atoms with Gasteiger partial charge in [-0.25, -0.2) is 0 Å². The monoisotopic (exact) mass is 337 g/mol. The summed E-state index contributed by atoms with van der Waals surface area (Å²) in [5, 5.41) is 9.81. The minimum Gasteiger partial charge on any atom is -0.481 e. The van der Waals surface area contributed by atoms with E-state index in [0.717, 1.165) is 9.86 Å². The van der Waals surface area contributed by atoms with E-state index in [9.17, 15) is 9.59 Å². The number of hydrogen-bond acceptors (Lipinski definition) is 3. The van der Waals surface area contributed by atoms with Crippen molar-refractivity contribution in [3.8, 4) is 0 Å². The summed E-state index contributed by atoms with van der Waals surface area (Å²) in [7, 11) is 0. The van der Waals surface area contributed by atoms with Gasteiger partial charge in [0.25, 0.3) is 5.91 Å². The minimum absolute atomic E-state index is 0.245. The van der Waals surface area contributed by atoms with Crippen molar-refractivity contribution >= 4 is 38.8 Å². The second kappa shape index (κ2) is 4.94. The molecular weight excluding hydrogens is 326 g/mol. The summed E-state index contributed by atoms with van der Waals surface area (Å²) in [6, 6.07) is 7.20. The third kappa shape index (κ3) is 2.31. The van der Waals surface area contributed by atoms with Gasteiger partial charge < -0.3 is 14.4 Å². The Labute approximate surface area is 123 Å². The van der Waals surface area contributed by atoms with Crippen LogP contribution in [0.15, 0.2) is 33.2 Å². The molecule has 3 rings (SSSR count). The van der Waals surface area contributed by atoms with Gasteiger partial charge in [0.15, 0.2) is 5.76 Å². The lowest BCUT2D eigenvalue weighted by Crippen LogP contribution is -2.29. The van der Waals surface area contributed by atoms with Crippen molar-refractivity contribution in [2.75, 3.05) is 13.1 Å². The summed E-state index contributed by atoms with van der Waals surface area (Å²) >= 11 is 3.37. The van der Waals surface area contributed by atoms with Crippen LogP contribution >= 0.6 is 15.9 Å². The van der Waals surface area contributed by atoms with Crippen molar-refractivity contribution in [3.63, 3.8) is 0 Å². The molecular formula is C14H12BrNO4. The highest BCUT2D eigenvalue weighted by atomic mass is 79.9. The predicted octanol–water partition coefficient (Wildman–Crippen LogP) is 2.74. The van der Waals surface area contributed by atoms with E-state index in [-0.39, 0.29) is 18.2 Å². The Morgan fingerprint density at radius 2 is 2.15 bits per heavy atom. The Kier molecular flexibility index (Phi) is 3.25. The summed E-state index contributed by atoms with van der Waals surface area (Å²) in [6.45, 7) is 0.700. The second-order valence-electron chi connectivity index (χ2n) is 4.87. The third-order valence-electron chi connectivity index (χ3n) is 3.51. The molecule has 0 unspecified atom stereocenters. The van der Waals surface area contributed by atoms with E-state index in [1.165, 1.54) is 4.90 Å². The summed E-state index contributed by atoms with van der Waals surface area (Å²) in [6.07, 6.45) is 0.493. The van der Waals surface area contributed by atoms with E-state index in [1.54, 1.807) is 12.1 Å². The largest absolute Gasteiger partial charge is 0.481 e. The minimum atomic E-state index is -0.853. The molecule has 6 heteroatoms. The molecule has 0 spiro atoms. The maximum atomic E-state index is 12.3. The van der Waals surface area contributed by atoms with Gasteiger partial charge in [-0.2, -0.15) is 0 Å². The fourth-order valence-corrected chi connectivity index (χ4v) is 2.80. The lowest BCUT2D eigenvalue weighted by atomic mass is 10.1. The van der Waals surface area contributed by atoms with Crippen LogP contribution in [0.25, 0.3) is 11.0 Å². The SMILES string of the molecule is O=C(O)[C@@H]1CCN(C(=O)c2cc3cc(Br)ccc3o2)C1. The van der Waals surface area contributed by atoms with Crippen LogP contribution in [-0.2, 0) is 4.79 Å². The molecule has 0 aliphatic carbocycles. The number of furan rings is 1. The molecule has 20 heavy (non-hydrogen) atoms. The first-order valence-electron chi connectivity index (χ1n) is 6.26.